The highest BCUT2D eigenvalue weighted by Crippen LogP contribution is 2.28. The zero-order valence-corrected chi connectivity index (χ0v) is 15.4. The van der Waals surface area contributed by atoms with E-state index in [-0.39, 0.29) is 0 Å². The van der Waals surface area contributed by atoms with Crippen molar-refractivity contribution in [1.82, 2.24) is 5.32 Å². The Kier molecular flexibility index (Phi) is 7.41. The third-order valence-electron chi connectivity index (χ3n) is 4.07. The topological polar surface area (TPSA) is 21.3 Å². The van der Waals surface area contributed by atoms with E-state index in [1.165, 1.54) is 31.2 Å². The van der Waals surface area contributed by atoms with Gasteiger partial charge in [-0.15, -0.1) is 0 Å². The summed E-state index contributed by atoms with van der Waals surface area (Å²) in [4.78, 5) is 0. The fourth-order valence-corrected chi connectivity index (χ4v) is 3.95. The van der Waals surface area contributed by atoms with Crippen molar-refractivity contribution >= 4 is 27.7 Å². The van der Waals surface area contributed by atoms with Gasteiger partial charge in [0.1, 0.15) is 5.75 Å². The van der Waals surface area contributed by atoms with E-state index in [9.17, 15) is 0 Å². The molecule has 4 heteroatoms. The number of ether oxygens (including phenoxy) is 1. The Morgan fingerprint density at radius 1 is 1.29 bits per heavy atom. The van der Waals surface area contributed by atoms with E-state index in [2.05, 4.69) is 52.6 Å². The summed E-state index contributed by atoms with van der Waals surface area (Å²) in [6.45, 7) is 3.82. The van der Waals surface area contributed by atoms with E-state index in [1.807, 2.05) is 11.8 Å². The molecule has 1 aromatic carbocycles. The van der Waals surface area contributed by atoms with Crippen LogP contribution in [0.15, 0.2) is 22.7 Å². The molecule has 0 bridgehead atoms. The van der Waals surface area contributed by atoms with Gasteiger partial charge >= 0.3 is 0 Å². The van der Waals surface area contributed by atoms with Gasteiger partial charge in [-0.1, -0.05) is 22.9 Å². The van der Waals surface area contributed by atoms with Crippen LogP contribution in [0.3, 0.4) is 0 Å². The number of hydrogen-bond donors (Lipinski definition) is 1. The molecular formula is C17H26BrNOS. The summed E-state index contributed by atoms with van der Waals surface area (Å²) in [6, 6.07) is 6.96. The molecule has 2 nitrogen and oxygen atoms in total. The van der Waals surface area contributed by atoms with Crippen LogP contribution in [0.4, 0.5) is 0 Å². The van der Waals surface area contributed by atoms with Gasteiger partial charge in [0.2, 0.25) is 0 Å². The second kappa shape index (κ2) is 9.06. The van der Waals surface area contributed by atoms with Crippen LogP contribution in [0.2, 0.25) is 0 Å². The zero-order chi connectivity index (χ0) is 15.1. The molecule has 0 unspecified atom stereocenters. The Morgan fingerprint density at radius 2 is 2.05 bits per heavy atom. The van der Waals surface area contributed by atoms with Crippen molar-refractivity contribution in [1.29, 1.82) is 0 Å². The van der Waals surface area contributed by atoms with Crippen LogP contribution >= 0.6 is 27.7 Å². The first-order valence-electron chi connectivity index (χ1n) is 7.90. The predicted molar refractivity (Wildman–Crippen MR) is 96.3 cm³/mol. The summed E-state index contributed by atoms with van der Waals surface area (Å²) < 4.78 is 6.97. The minimum absolute atomic E-state index is 0.659. The van der Waals surface area contributed by atoms with Crippen molar-refractivity contribution in [2.24, 2.45) is 0 Å². The zero-order valence-electron chi connectivity index (χ0n) is 13.0. The van der Waals surface area contributed by atoms with Gasteiger partial charge in [0.15, 0.2) is 0 Å². The quantitative estimate of drug-likeness (QED) is 0.728. The van der Waals surface area contributed by atoms with Gasteiger partial charge in [-0.2, -0.15) is 11.8 Å². The van der Waals surface area contributed by atoms with Gasteiger partial charge in [-0.25, -0.2) is 0 Å². The highest BCUT2D eigenvalue weighted by molar-refractivity contribution is 9.10. The second-order valence-corrected chi connectivity index (χ2v) is 7.74. The SMILES string of the molecule is CCCOc1ccc(Br)cc1CNC1CCC(SC)CC1. The van der Waals surface area contributed by atoms with E-state index in [4.69, 9.17) is 4.74 Å². The van der Waals surface area contributed by atoms with Crippen molar-refractivity contribution in [3.63, 3.8) is 0 Å². The van der Waals surface area contributed by atoms with Gasteiger partial charge in [-0.05, 0) is 56.6 Å². The Labute approximate surface area is 141 Å². The average Bonchev–Trinajstić information content (AvgIpc) is 2.52. The summed E-state index contributed by atoms with van der Waals surface area (Å²) in [5.41, 5.74) is 1.25. The van der Waals surface area contributed by atoms with E-state index < -0.39 is 0 Å². The maximum Gasteiger partial charge on any atom is 0.123 e. The van der Waals surface area contributed by atoms with E-state index in [1.54, 1.807) is 0 Å². The molecule has 2 rings (SSSR count). The van der Waals surface area contributed by atoms with Crippen LogP contribution in [-0.4, -0.2) is 24.2 Å². The predicted octanol–water partition coefficient (Wildman–Crippen LogP) is 5.00. The number of benzene rings is 1. The Bertz CT molecular complexity index is 433. The van der Waals surface area contributed by atoms with Crippen molar-refractivity contribution in [3.05, 3.63) is 28.2 Å². The van der Waals surface area contributed by atoms with Crippen LogP contribution in [-0.2, 0) is 6.54 Å². The third kappa shape index (κ3) is 5.50. The monoisotopic (exact) mass is 371 g/mol. The minimum Gasteiger partial charge on any atom is -0.493 e. The Balaban J connectivity index is 1.88. The molecule has 1 aliphatic carbocycles. The molecule has 1 aromatic rings. The van der Waals surface area contributed by atoms with Crippen molar-refractivity contribution in [2.75, 3.05) is 12.9 Å². The lowest BCUT2D eigenvalue weighted by molar-refractivity contribution is 0.310. The molecule has 0 spiro atoms. The lowest BCUT2D eigenvalue weighted by Crippen LogP contribution is -2.33. The molecule has 21 heavy (non-hydrogen) atoms. The molecule has 0 atom stereocenters. The number of halogens is 1. The molecule has 1 N–H and O–H groups in total. The van der Waals surface area contributed by atoms with Crippen LogP contribution in [0.25, 0.3) is 0 Å². The molecule has 0 saturated heterocycles. The third-order valence-corrected chi connectivity index (χ3v) is 5.70. The molecule has 1 fully saturated rings. The molecule has 1 saturated carbocycles. The summed E-state index contributed by atoms with van der Waals surface area (Å²) >= 11 is 5.58. The maximum absolute atomic E-state index is 5.85. The second-order valence-electron chi connectivity index (χ2n) is 5.69. The van der Waals surface area contributed by atoms with Gasteiger partial charge < -0.3 is 10.1 Å². The lowest BCUT2D eigenvalue weighted by atomic mass is 9.95. The van der Waals surface area contributed by atoms with Gasteiger partial charge in [0, 0.05) is 27.9 Å². The first-order valence-corrected chi connectivity index (χ1v) is 9.98. The van der Waals surface area contributed by atoms with Crippen LogP contribution in [0.1, 0.15) is 44.6 Å². The minimum atomic E-state index is 0.659. The standard InChI is InChI=1S/C17H26BrNOS/c1-3-10-20-17-9-4-14(18)11-13(17)12-19-15-5-7-16(21-2)8-6-15/h4,9,11,15-16,19H,3,5-8,10,12H2,1-2H3. The van der Waals surface area contributed by atoms with E-state index in [0.717, 1.165) is 35.0 Å². The highest BCUT2D eigenvalue weighted by atomic mass is 79.9. The highest BCUT2D eigenvalue weighted by Gasteiger charge is 2.20. The summed E-state index contributed by atoms with van der Waals surface area (Å²) in [6.07, 6.45) is 8.56. The number of nitrogens with one attached hydrogen (secondary N) is 1. The molecule has 0 aliphatic heterocycles. The molecule has 118 valence electrons. The van der Waals surface area contributed by atoms with Crippen LogP contribution in [0, 0.1) is 0 Å². The summed E-state index contributed by atoms with van der Waals surface area (Å²) in [5.74, 6) is 1.02. The van der Waals surface area contributed by atoms with Crippen molar-refractivity contribution in [2.45, 2.75) is 56.9 Å². The fraction of sp³-hybridized carbons (Fsp3) is 0.647. The fourth-order valence-electron chi connectivity index (χ4n) is 2.80. The normalized spacial score (nSPS) is 22.2. The molecule has 0 amide bonds. The molecule has 0 aromatic heterocycles. The Morgan fingerprint density at radius 3 is 2.71 bits per heavy atom. The molecule has 1 aliphatic rings. The number of thioether (sulfide) groups is 1. The first-order chi connectivity index (χ1) is 10.2. The van der Waals surface area contributed by atoms with Crippen molar-refractivity contribution in [3.8, 4) is 5.75 Å². The first kappa shape index (κ1) is 17.2. The largest absolute Gasteiger partial charge is 0.493 e. The van der Waals surface area contributed by atoms with Gasteiger partial charge in [-0.3, -0.25) is 0 Å². The molecule has 0 radical (unpaired) electrons. The molecular weight excluding hydrogens is 346 g/mol. The van der Waals surface area contributed by atoms with E-state index in [0.29, 0.717) is 6.04 Å². The maximum atomic E-state index is 5.85. The average molecular weight is 372 g/mol. The lowest BCUT2D eigenvalue weighted by Gasteiger charge is -2.28. The van der Waals surface area contributed by atoms with E-state index >= 15 is 0 Å². The smallest absolute Gasteiger partial charge is 0.123 e. The number of hydrogen-bond acceptors (Lipinski definition) is 3. The summed E-state index contributed by atoms with van der Waals surface area (Å²) in [5, 5.41) is 4.59. The summed E-state index contributed by atoms with van der Waals surface area (Å²) in [7, 11) is 0. The van der Waals surface area contributed by atoms with Gasteiger partial charge in [0.05, 0.1) is 6.61 Å². The molecule has 0 heterocycles. The van der Waals surface area contributed by atoms with Crippen LogP contribution < -0.4 is 10.1 Å². The van der Waals surface area contributed by atoms with Crippen LogP contribution in [0.5, 0.6) is 5.75 Å². The number of rotatable bonds is 7. The Hall–Kier alpha value is -0.190. The van der Waals surface area contributed by atoms with Gasteiger partial charge in [0.25, 0.3) is 0 Å². The van der Waals surface area contributed by atoms with Crippen molar-refractivity contribution < 1.29 is 4.74 Å².